The lowest BCUT2D eigenvalue weighted by molar-refractivity contribution is -0.322. The molecule has 0 aromatic heterocycles. The molecule has 0 aromatic rings. The van der Waals surface area contributed by atoms with Gasteiger partial charge in [-0.2, -0.15) is 0 Å². The summed E-state index contributed by atoms with van der Waals surface area (Å²) >= 11 is 0. The molecule has 10 heteroatoms. The van der Waals surface area contributed by atoms with E-state index in [-0.39, 0.29) is 6.61 Å². The Hall–Kier alpha value is -0.400. The minimum atomic E-state index is -1.70. The highest BCUT2D eigenvalue weighted by Gasteiger charge is 2.45. The van der Waals surface area contributed by atoms with Crippen LogP contribution in [0.4, 0.5) is 0 Å². The molecule has 2 aliphatic rings. The molecule has 0 bridgehead atoms. The lowest BCUT2D eigenvalue weighted by Crippen LogP contribution is -2.60. The fourth-order valence-corrected chi connectivity index (χ4v) is 2.41. The first-order valence-electron chi connectivity index (χ1n) is 6.93. The molecule has 0 aliphatic carbocycles. The van der Waals surface area contributed by atoms with Gasteiger partial charge in [-0.3, -0.25) is 0 Å². The molecular formula is C12H22O10. The van der Waals surface area contributed by atoms with E-state index in [2.05, 4.69) is 0 Å². The van der Waals surface area contributed by atoms with E-state index in [1.807, 2.05) is 0 Å². The van der Waals surface area contributed by atoms with Crippen LogP contribution in [0.3, 0.4) is 0 Å². The van der Waals surface area contributed by atoms with Gasteiger partial charge in [0.15, 0.2) is 12.6 Å². The van der Waals surface area contributed by atoms with Crippen molar-refractivity contribution in [3.63, 3.8) is 0 Å². The van der Waals surface area contributed by atoms with E-state index >= 15 is 0 Å². The number of rotatable bonds is 3. The van der Waals surface area contributed by atoms with Crippen molar-refractivity contribution >= 4 is 0 Å². The summed E-state index contributed by atoms with van der Waals surface area (Å²) in [6.45, 7) is 1.09. The Morgan fingerprint density at radius 2 is 1.32 bits per heavy atom. The van der Waals surface area contributed by atoms with E-state index in [0.717, 1.165) is 0 Å². The first-order chi connectivity index (χ1) is 10.2. The van der Waals surface area contributed by atoms with Gasteiger partial charge in [0.05, 0.1) is 12.7 Å². The molecule has 0 aromatic carbocycles. The van der Waals surface area contributed by atoms with Crippen molar-refractivity contribution in [3.05, 3.63) is 0 Å². The summed E-state index contributed by atoms with van der Waals surface area (Å²) in [6, 6.07) is 0. The number of aliphatic hydroxyl groups is 7. The zero-order valence-electron chi connectivity index (χ0n) is 11.8. The minimum absolute atomic E-state index is 0.390. The first kappa shape index (κ1) is 17.9. The lowest BCUT2D eigenvalue weighted by Gasteiger charge is -2.41. The molecule has 5 unspecified atom stereocenters. The van der Waals surface area contributed by atoms with E-state index in [1.54, 1.807) is 0 Å². The number of hydrogen-bond donors (Lipinski definition) is 7. The van der Waals surface area contributed by atoms with Crippen molar-refractivity contribution in [1.82, 2.24) is 0 Å². The number of aliphatic hydroxyl groups excluding tert-OH is 7. The highest BCUT2D eigenvalue weighted by Crippen LogP contribution is 2.24. The summed E-state index contributed by atoms with van der Waals surface area (Å²) in [5, 5.41) is 67.0. The number of ether oxygens (including phenoxy) is 3. The molecule has 2 heterocycles. The van der Waals surface area contributed by atoms with Crippen LogP contribution in [0.5, 0.6) is 0 Å². The van der Waals surface area contributed by atoms with Gasteiger partial charge in [0.25, 0.3) is 0 Å². The van der Waals surface area contributed by atoms with Crippen molar-refractivity contribution in [3.8, 4) is 0 Å². The third-order valence-corrected chi connectivity index (χ3v) is 3.92. The SMILES string of the molecule is CC1O[C@@H](OCC2OC(O)C(O)[C@@H](O)[C@@H]2O)[C@@H](O)C(O)[C@@H]1O. The highest BCUT2D eigenvalue weighted by molar-refractivity contribution is 4.90. The monoisotopic (exact) mass is 326 g/mol. The van der Waals surface area contributed by atoms with Crippen LogP contribution in [-0.4, -0.2) is 104 Å². The van der Waals surface area contributed by atoms with Gasteiger partial charge in [-0.25, -0.2) is 0 Å². The maximum atomic E-state index is 9.76. The Balaban J connectivity index is 1.92. The predicted molar refractivity (Wildman–Crippen MR) is 67.2 cm³/mol. The molecule has 10 atom stereocenters. The van der Waals surface area contributed by atoms with Gasteiger partial charge in [-0.1, -0.05) is 0 Å². The van der Waals surface area contributed by atoms with Crippen molar-refractivity contribution in [2.75, 3.05) is 6.61 Å². The molecule has 0 spiro atoms. The fourth-order valence-electron chi connectivity index (χ4n) is 2.41. The standard InChI is InChI=1S/C12H22O10/c1-3-5(13)7(15)10(18)12(21-3)20-2-4-6(14)8(16)9(17)11(19)22-4/h3-19H,2H2,1H3/t3?,4?,5-,6-,7?,8+,9?,10+,11?,12-/m1/s1. The quantitative estimate of drug-likeness (QED) is 0.269. The molecule has 2 fully saturated rings. The fraction of sp³-hybridized carbons (Fsp3) is 1.00. The van der Waals surface area contributed by atoms with E-state index in [1.165, 1.54) is 6.92 Å². The van der Waals surface area contributed by atoms with Gasteiger partial charge < -0.3 is 50.0 Å². The molecule has 0 saturated carbocycles. The smallest absolute Gasteiger partial charge is 0.186 e. The van der Waals surface area contributed by atoms with Crippen LogP contribution in [-0.2, 0) is 14.2 Å². The van der Waals surface area contributed by atoms with Gasteiger partial charge in [0, 0.05) is 0 Å². The maximum Gasteiger partial charge on any atom is 0.186 e. The van der Waals surface area contributed by atoms with E-state index in [0.29, 0.717) is 0 Å². The maximum absolute atomic E-state index is 9.76. The summed E-state index contributed by atoms with van der Waals surface area (Å²) < 4.78 is 15.3. The topological polar surface area (TPSA) is 169 Å². The lowest BCUT2D eigenvalue weighted by atomic mass is 9.99. The molecule has 2 saturated heterocycles. The summed E-state index contributed by atoms with van der Waals surface area (Å²) in [6.07, 6.45) is -14.0. The molecule has 2 rings (SSSR count). The molecule has 0 amide bonds. The molecule has 2 aliphatic heterocycles. The van der Waals surface area contributed by atoms with E-state index in [9.17, 15) is 35.7 Å². The molecular weight excluding hydrogens is 304 g/mol. The van der Waals surface area contributed by atoms with E-state index < -0.39 is 61.4 Å². The summed E-state index contributed by atoms with van der Waals surface area (Å²) in [4.78, 5) is 0. The highest BCUT2D eigenvalue weighted by atomic mass is 16.7. The Kier molecular flexibility index (Phi) is 5.72. The second-order valence-electron chi connectivity index (χ2n) is 5.55. The van der Waals surface area contributed by atoms with Crippen LogP contribution in [0.2, 0.25) is 0 Å². The molecule has 22 heavy (non-hydrogen) atoms. The Morgan fingerprint density at radius 3 is 1.95 bits per heavy atom. The average Bonchev–Trinajstić information content (AvgIpc) is 2.49. The number of hydrogen-bond acceptors (Lipinski definition) is 10. The van der Waals surface area contributed by atoms with Gasteiger partial charge in [0.2, 0.25) is 0 Å². The van der Waals surface area contributed by atoms with Gasteiger partial charge in [0.1, 0.15) is 42.7 Å². The van der Waals surface area contributed by atoms with Crippen molar-refractivity contribution in [1.29, 1.82) is 0 Å². The van der Waals surface area contributed by atoms with Crippen molar-refractivity contribution in [2.45, 2.75) is 68.3 Å². The first-order valence-corrected chi connectivity index (χ1v) is 6.93. The zero-order chi connectivity index (χ0) is 16.6. The van der Waals surface area contributed by atoms with Crippen LogP contribution in [0.25, 0.3) is 0 Å². The Bertz CT molecular complexity index is 334. The van der Waals surface area contributed by atoms with E-state index in [4.69, 9.17) is 14.2 Å². The average molecular weight is 326 g/mol. The third kappa shape index (κ3) is 3.41. The Labute approximate surface area is 126 Å². The largest absolute Gasteiger partial charge is 0.388 e. The summed E-state index contributed by atoms with van der Waals surface area (Å²) in [5.74, 6) is 0. The van der Waals surface area contributed by atoms with Gasteiger partial charge >= 0.3 is 0 Å². The zero-order valence-corrected chi connectivity index (χ0v) is 11.8. The van der Waals surface area contributed by atoms with Crippen molar-refractivity contribution in [2.24, 2.45) is 0 Å². The van der Waals surface area contributed by atoms with Crippen LogP contribution >= 0.6 is 0 Å². The van der Waals surface area contributed by atoms with Crippen LogP contribution < -0.4 is 0 Å². The van der Waals surface area contributed by atoms with Crippen LogP contribution in [0, 0.1) is 0 Å². The van der Waals surface area contributed by atoms with Crippen LogP contribution in [0.15, 0.2) is 0 Å². The summed E-state index contributed by atoms with van der Waals surface area (Å²) in [7, 11) is 0. The molecule has 10 nitrogen and oxygen atoms in total. The summed E-state index contributed by atoms with van der Waals surface area (Å²) in [5.41, 5.74) is 0. The van der Waals surface area contributed by atoms with Gasteiger partial charge in [-0.05, 0) is 6.92 Å². The molecule has 7 N–H and O–H groups in total. The van der Waals surface area contributed by atoms with Crippen LogP contribution in [0.1, 0.15) is 6.92 Å². The second kappa shape index (κ2) is 7.01. The second-order valence-corrected chi connectivity index (χ2v) is 5.55. The normalized spacial score (nSPS) is 53.5. The molecule has 130 valence electrons. The molecule has 0 radical (unpaired) electrons. The van der Waals surface area contributed by atoms with Crippen molar-refractivity contribution < 1.29 is 50.0 Å². The Morgan fingerprint density at radius 1 is 0.727 bits per heavy atom. The third-order valence-electron chi connectivity index (χ3n) is 3.92. The van der Waals surface area contributed by atoms with Gasteiger partial charge in [-0.15, -0.1) is 0 Å². The minimum Gasteiger partial charge on any atom is -0.388 e. The predicted octanol–water partition coefficient (Wildman–Crippen LogP) is -4.37.